The molecule has 0 amide bonds. The molecule has 6 nitrogen and oxygen atoms in total. The molecule has 0 saturated heterocycles. The normalized spacial score (nSPS) is 17.8. The largest absolute Gasteiger partial charge is 0.508 e. The minimum absolute atomic E-state index is 0.0869. The van der Waals surface area contributed by atoms with E-state index < -0.39 is 36.0 Å². The van der Waals surface area contributed by atoms with Gasteiger partial charge in [-0.25, -0.2) is 0 Å². The molecule has 3 N–H and O–H groups in total. The molecular weight excluding hydrogens is 248 g/mol. The molecule has 0 aliphatic rings. The zero-order valence-electron chi connectivity index (χ0n) is 14.1. The Labute approximate surface area is 116 Å². The molecule has 6 heteroatoms. The van der Waals surface area contributed by atoms with E-state index in [4.69, 9.17) is 4.11 Å². The van der Waals surface area contributed by atoms with Gasteiger partial charge < -0.3 is 15.3 Å². The van der Waals surface area contributed by atoms with E-state index in [-0.39, 0.29) is 5.56 Å². The number of nitrogens with zero attached hydrogens (tertiary/aromatic N) is 2. The van der Waals surface area contributed by atoms with E-state index >= 15 is 0 Å². The molecule has 0 fully saturated rings. The smallest absolute Gasteiger partial charge is 0.121 e. The van der Waals surface area contributed by atoms with Crippen molar-refractivity contribution in [3.8, 4) is 5.75 Å². The Bertz CT molecular complexity index is 553. The highest BCUT2D eigenvalue weighted by Crippen LogP contribution is 2.25. The summed E-state index contributed by atoms with van der Waals surface area (Å²) in [7, 11) is 0. The Kier molecular flexibility index (Phi) is 3.53. The highest BCUT2D eigenvalue weighted by atomic mass is 16.3. The van der Waals surface area contributed by atoms with Gasteiger partial charge in [-0.05, 0) is 38.5 Å². The van der Waals surface area contributed by atoms with Crippen molar-refractivity contribution < 1.29 is 19.4 Å². The van der Waals surface area contributed by atoms with Crippen LogP contribution in [0.1, 0.15) is 42.1 Å². The molecule has 1 atom stereocenters. The lowest BCUT2D eigenvalue weighted by Gasteiger charge is -2.31. The van der Waals surface area contributed by atoms with Gasteiger partial charge >= 0.3 is 0 Å². The third-order valence-corrected chi connectivity index (χ3v) is 2.62. The van der Waals surface area contributed by atoms with Gasteiger partial charge in [-0.1, -0.05) is 6.07 Å². The Morgan fingerprint density at radius 1 is 1.53 bits per heavy atom. The van der Waals surface area contributed by atoms with Gasteiger partial charge in [0, 0.05) is 5.56 Å². The Morgan fingerprint density at radius 2 is 2.16 bits per heavy atom. The highest BCUT2D eigenvalue weighted by molar-refractivity contribution is 5.36. The summed E-state index contributed by atoms with van der Waals surface area (Å²) < 4.78 is 22.4. The van der Waals surface area contributed by atoms with Crippen molar-refractivity contribution in [2.45, 2.75) is 38.9 Å². The molecule has 19 heavy (non-hydrogen) atoms. The van der Waals surface area contributed by atoms with E-state index in [1.807, 2.05) is 0 Å². The highest BCUT2D eigenvalue weighted by Gasteiger charge is 2.24. The van der Waals surface area contributed by atoms with Gasteiger partial charge in [0.05, 0.1) is 34.1 Å². The number of aliphatic hydroxyl groups is 2. The molecule has 0 aliphatic carbocycles. The first-order valence-corrected chi connectivity index (χ1v) is 5.68. The SMILES string of the molecule is [2H]C([2H])(O)c1cc(C([2H])(O)CN(N=O)C(C)(C)C)ccc1O. The number of hydrogen-bond donors (Lipinski definition) is 3. The third-order valence-electron chi connectivity index (χ3n) is 2.62. The Hall–Kier alpha value is -1.66. The molecule has 0 saturated carbocycles. The summed E-state index contributed by atoms with van der Waals surface area (Å²) in [5, 5.41) is 33.0. The fourth-order valence-corrected chi connectivity index (χ4v) is 1.43. The summed E-state index contributed by atoms with van der Waals surface area (Å²) in [6, 6.07) is 3.26. The number of hydrogen-bond acceptors (Lipinski definition) is 5. The van der Waals surface area contributed by atoms with Crippen LogP contribution in [0.4, 0.5) is 0 Å². The maximum atomic E-state index is 10.9. The van der Waals surface area contributed by atoms with Crippen LogP contribution in [0.2, 0.25) is 0 Å². The van der Waals surface area contributed by atoms with Crippen LogP contribution >= 0.6 is 0 Å². The molecule has 1 unspecified atom stereocenters. The number of benzene rings is 1. The third kappa shape index (κ3) is 3.90. The number of aromatic hydroxyl groups is 1. The molecule has 1 aromatic carbocycles. The van der Waals surface area contributed by atoms with Crippen molar-refractivity contribution >= 4 is 0 Å². The van der Waals surface area contributed by atoms with Crippen LogP contribution in [-0.4, -0.2) is 32.4 Å². The molecule has 0 bridgehead atoms. The van der Waals surface area contributed by atoms with Crippen molar-refractivity contribution in [1.29, 1.82) is 0 Å². The maximum Gasteiger partial charge on any atom is 0.121 e. The van der Waals surface area contributed by atoms with E-state index in [1.54, 1.807) is 20.8 Å². The number of β-amino-alcohol motifs (C(OH)–C–C–N with tert-alkyl or cyclic N) is 1. The van der Waals surface area contributed by atoms with Gasteiger partial charge in [0.25, 0.3) is 0 Å². The lowest BCUT2D eigenvalue weighted by atomic mass is 10.0. The molecule has 0 spiro atoms. The van der Waals surface area contributed by atoms with E-state index in [1.165, 1.54) is 6.07 Å². The van der Waals surface area contributed by atoms with E-state index in [0.717, 1.165) is 17.1 Å². The summed E-state index contributed by atoms with van der Waals surface area (Å²) in [5.74, 6) is -0.506. The summed E-state index contributed by atoms with van der Waals surface area (Å²) in [6.07, 6.45) is -2.28. The van der Waals surface area contributed by atoms with E-state index in [9.17, 15) is 20.2 Å². The Balaban J connectivity index is 3.21. The first kappa shape index (κ1) is 11.2. The fourth-order valence-electron chi connectivity index (χ4n) is 1.43. The molecule has 0 aliphatic heterocycles. The first-order valence-electron chi connectivity index (χ1n) is 7.18. The van der Waals surface area contributed by atoms with Crippen LogP contribution in [0.3, 0.4) is 0 Å². The molecule has 0 aromatic heterocycles. The van der Waals surface area contributed by atoms with Gasteiger partial charge in [0.2, 0.25) is 0 Å². The zero-order valence-corrected chi connectivity index (χ0v) is 11.1. The van der Waals surface area contributed by atoms with Crippen molar-refractivity contribution in [3.05, 3.63) is 34.2 Å². The molecule has 1 rings (SSSR count). The van der Waals surface area contributed by atoms with Crippen molar-refractivity contribution in [3.63, 3.8) is 0 Å². The minimum Gasteiger partial charge on any atom is -0.508 e. The van der Waals surface area contributed by atoms with Crippen molar-refractivity contribution in [2.24, 2.45) is 5.29 Å². The van der Waals surface area contributed by atoms with E-state index in [2.05, 4.69) is 5.29 Å². The lowest BCUT2D eigenvalue weighted by Crippen LogP contribution is -2.39. The van der Waals surface area contributed by atoms with Gasteiger partial charge in [-0.3, -0.25) is 5.01 Å². The molecule has 1 aromatic rings. The number of rotatable bonds is 5. The summed E-state index contributed by atoms with van der Waals surface area (Å²) in [4.78, 5) is 10.9. The van der Waals surface area contributed by atoms with Crippen molar-refractivity contribution in [1.82, 2.24) is 5.01 Å². The van der Waals surface area contributed by atoms with Crippen LogP contribution < -0.4 is 0 Å². The maximum absolute atomic E-state index is 10.9. The molecule has 106 valence electrons. The molecule has 0 heterocycles. The van der Waals surface area contributed by atoms with E-state index in [0.29, 0.717) is 0 Å². The standard InChI is InChI=1S/C13H20N2O4/c1-13(2,3)15(14-19)7-12(18)9-4-5-11(17)10(6-9)8-16/h4-6,12,16-18H,7-8H2,1-3H3/i8D2,12D. The average Bonchev–Trinajstić information content (AvgIpc) is 2.33. The zero-order chi connectivity index (χ0) is 17.3. The van der Waals surface area contributed by atoms with Crippen molar-refractivity contribution in [2.75, 3.05) is 6.54 Å². The molecule has 0 radical (unpaired) electrons. The average molecular weight is 271 g/mol. The second-order valence-electron chi connectivity index (χ2n) is 5.10. The summed E-state index contributed by atoms with van der Waals surface area (Å²) >= 11 is 0. The first-order chi connectivity index (χ1) is 9.79. The minimum atomic E-state index is -2.83. The topological polar surface area (TPSA) is 93.4 Å². The van der Waals surface area contributed by atoms with Crippen LogP contribution in [0.5, 0.6) is 5.75 Å². The Morgan fingerprint density at radius 3 is 2.63 bits per heavy atom. The number of phenols is 1. The van der Waals surface area contributed by atoms with Crippen LogP contribution in [0, 0.1) is 4.91 Å². The van der Waals surface area contributed by atoms with Crippen LogP contribution in [0.15, 0.2) is 23.5 Å². The van der Waals surface area contributed by atoms with Gasteiger partial charge in [0.1, 0.15) is 5.75 Å². The second-order valence-corrected chi connectivity index (χ2v) is 5.10. The summed E-state index contributed by atoms with van der Waals surface area (Å²) in [5.41, 5.74) is -1.28. The quantitative estimate of drug-likeness (QED) is 0.560. The predicted octanol–water partition coefficient (Wildman–Crippen LogP) is 1.70. The second kappa shape index (κ2) is 5.99. The van der Waals surface area contributed by atoms with Gasteiger partial charge in [-0.2, -0.15) is 0 Å². The predicted molar refractivity (Wildman–Crippen MR) is 71.2 cm³/mol. The summed E-state index contributed by atoms with van der Waals surface area (Å²) in [6.45, 7) is 1.75. The monoisotopic (exact) mass is 271 g/mol. The van der Waals surface area contributed by atoms with Crippen LogP contribution in [-0.2, 0) is 6.56 Å². The van der Waals surface area contributed by atoms with Gasteiger partial charge in [-0.15, -0.1) is 4.91 Å². The lowest BCUT2D eigenvalue weighted by molar-refractivity contribution is 0.0590. The number of nitroso groups, excluding NO2 is 1. The molecular formula is C13H20N2O4. The van der Waals surface area contributed by atoms with Gasteiger partial charge in [0.15, 0.2) is 0 Å². The fraction of sp³-hybridized carbons (Fsp3) is 0.538. The van der Waals surface area contributed by atoms with Crippen LogP contribution in [0.25, 0.3) is 0 Å².